The van der Waals surface area contributed by atoms with Gasteiger partial charge in [0.15, 0.2) is 5.22 Å². The largest absolute Gasteiger partial charge is 0.497 e. The lowest BCUT2D eigenvalue weighted by Gasteiger charge is -2.05. The average Bonchev–Trinajstić information content (AvgIpc) is 2.82. The molecule has 0 saturated carbocycles. The summed E-state index contributed by atoms with van der Waals surface area (Å²) in [5, 5.41) is 3.08. The molecule has 0 aliphatic heterocycles. The van der Waals surface area contributed by atoms with Crippen LogP contribution in [0.25, 0.3) is 0 Å². The maximum absolute atomic E-state index is 11.8. The van der Waals surface area contributed by atoms with Crippen molar-refractivity contribution in [2.24, 2.45) is 0 Å². The molecule has 0 bridgehead atoms. The number of ether oxygens (including phenoxy) is 1. The third-order valence-corrected chi connectivity index (χ3v) is 2.79. The monoisotopic (exact) mass is 279 g/mol. The van der Waals surface area contributed by atoms with Crippen molar-refractivity contribution in [3.05, 3.63) is 52.9 Å². The maximum atomic E-state index is 11.8. The fraction of sp³-hybridized carbons (Fsp3) is 0.214. The van der Waals surface area contributed by atoms with E-state index in [9.17, 15) is 4.79 Å². The van der Waals surface area contributed by atoms with Gasteiger partial charge in [-0.3, -0.25) is 4.79 Å². The Morgan fingerprint density at radius 2 is 2.21 bits per heavy atom. The Hall–Kier alpha value is -1.94. The number of methoxy groups -OCH3 is 1. The van der Waals surface area contributed by atoms with Crippen LogP contribution in [0.3, 0.4) is 0 Å². The van der Waals surface area contributed by atoms with Crippen molar-refractivity contribution < 1.29 is 13.9 Å². The molecular weight excluding hydrogens is 266 g/mol. The number of hydrogen-bond acceptors (Lipinski definition) is 3. The number of carbonyl (C=O) groups excluding carboxylic acids is 1. The molecule has 0 unspecified atom stereocenters. The van der Waals surface area contributed by atoms with Gasteiger partial charge >= 0.3 is 0 Å². The number of rotatable bonds is 5. The quantitative estimate of drug-likeness (QED) is 0.916. The highest BCUT2D eigenvalue weighted by Crippen LogP contribution is 2.14. The number of nitrogens with one attached hydrogen (secondary N) is 1. The summed E-state index contributed by atoms with van der Waals surface area (Å²) in [6.45, 7) is 0.329. The first-order chi connectivity index (χ1) is 9.17. The molecule has 0 atom stereocenters. The summed E-state index contributed by atoms with van der Waals surface area (Å²) >= 11 is 5.65. The fourth-order valence-electron chi connectivity index (χ4n) is 1.66. The van der Waals surface area contributed by atoms with E-state index in [1.807, 2.05) is 24.3 Å². The van der Waals surface area contributed by atoms with Gasteiger partial charge in [0.05, 0.1) is 20.1 Å². The minimum Gasteiger partial charge on any atom is -0.497 e. The van der Waals surface area contributed by atoms with E-state index in [4.69, 9.17) is 20.8 Å². The molecule has 1 N–H and O–H groups in total. The molecule has 0 aliphatic carbocycles. The lowest BCUT2D eigenvalue weighted by Crippen LogP contribution is -2.24. The summed E-state index contributed by atoms with van der Waals surface area (Å²) in [5.41, 5.74) is 0.898. The van der Waals surface area contributed by atoms with Crippen LogP contribution in [-0.2, 0) is 17.8 Å². The Labute approximate surface area is 116 Å². The fourth-order valence-corrected chi connectivity index (χ4v) is 1.82. The van der Waals surface area contributed by atoms with Crippen molar-refractivity contribution in [1.29, 1.82) is 0 Å². The van der Waals surface area contributed by atoms with Gasteiger partial charge in [0.25, 0.3) is 0 Å². The van der Waals surface area contributed by atoms with Crippen molar-refractivity contribution >= 4 is 17.5 Å². The van der Waals surface area contributed by atoms with Gasteiger partial charge in [0.2, 0.25) is 5.91 Å². The highest BCUT2D eigenvalue weighted by Gasteiger charge is 2.06. The van der Waals surface area contributed by atoms with E-state index in [-0.39, 0.29) is 5.91 Å². The first-order valence-electron chi connectivity index (χ1n) is 5.81. The van der Waals surface area contributed by atoms with Crippen LogP contribution in [0.2, 0.25) is 5.22 Å². The first kappa shape index (κ1) is 13.5. The summed E-state index contributed by atoms with van der Waals surface area (Å²) in [5.74, 6) is 1.29. The van der Waals surface area contributed by atoms with Crippen LogP contribution in [0.5, 0.6) is 5.75 Å². The van der Waals surface area contributed by atoms with Crippen LogP contribution in [0.4, 0.5) is 0 Å². The highest BCUT2D eigenvalue weighted by molar-refractivity contribution is 6.28. The number of carbonyl (C=O) groups is 1. The lowest BCUT2D eigenvalue weighted by atomic mass is 10.1. The minimum atomic E-state index is -0.0826. The summed E-state index contributed by atoms with van der Waals surface area (Å²) in [6, 6.07) is 10.8. The molecule has 0 aliphatic rings. The van der Waals surface area contributed by atoms with E-state index < -0.39 is 0 Å². The predicted octanol–water partition coefficient (Wildman–Crippen LogP) is 2.80. The first-order valence-corrected chi connectivity index (χ1v) is 6.19. The van der Waals surface area contributed by atoms with Gasteiger partial charge in [-0.2, -0.15) is 0 Å². The van der Waals surface area contributed by atoms with Crippen molar-refractivity contribution in [3.8, 4) is 5.75 Å². The molecule has 1 aromatic heterocycles. The third-order valence-electron chi connectivity index (χ3n) is 2.59. The van der Waals surface area contributed by atoms with Gasteiger partial charge < -0.3 is 14.5 Å². The molecule has 2 aromatic rings. The second-order valence-corrected chi connectivity index (χ2v) is 4.38. The highest BCUT2D eigenvalue weighted by atomic mass is 35.5. The Kier molecular flexibility index (Phi) is 4.47. The molecule has 0 spiro atoms. The molecule has 2 rings (SSSR count). The predicted molar refractivity (Wildman–Crippen MR) is 72.3 cm³/mol. The van der Waals surface area contributed by atoms with Gasteiger partial charge in [0, 0.05) is 0 Å². The van der Waals surface area contributed by atoms with Crippen LogP contribution in [0.1, 0.15) is 11.3 Å². The molecule has 1 aromatic carbocycles. The summed E-state index contributed by atoms with van der Waals surface area (Å²) in [4.78, 5) is 11.8. The smallest absolute Gasteiger partial charge is 0.224 e. The van der Waals surface area contributed by atoms with Gasteiger partial charge in [0.1, 0.15) is 11.5 Å². The molecule has 100 valence electrons. The molecule has 1 heterocycles. The number of hydrogen-bond donors (Lipinski definition) is 1. The second-order valence-electron chi connectivity index (χ2n) is 4.01. The van der Waals surface area contributed by atoms with Gasteiger partial charge in [-0.05, 0) is 41.4 Å². The molecule has 4 nitrogen and oxygen atoms in total. The number of benzene rings is 1. The third kappa shape index (κ3) is 4.03. The average molecular weight is 280 g/mol. The Bertz CT molecular complexity index is 565. The van der Waals surface area contributed by atoms with Gasteiger partial charge in [-0.1, -0.05) is 12.1 Å². The van der Waals surface area contributed by atoms with E-state index >= 15 is 0 Å². The molecule has 1 amide bonds. The number of furan rings is 1. The van der Waals surface area contributed by atoms with Crippen LogP contribution < -0.4 is 10.1 Å². The molecule has 19 heavy (non-hydrogen) atoms. The molecule has 0 radical (unpaired) electrons. The van der Waals surface area contributed by atoms with Crippen molar-refractivity contribution in [1.82, 2.24) is 5.32 Å². The topological polar surface area (TPSA) is 51.5 Å². The Balaban J connectivity index is 1.86. The summed E-state index contributed by atoms with van der Waals surface area (Å²) in [6.07, 6.45) is 0.297. The van der Waals surface area contributed by atoms with Crippen LogP contribution >= 0.6 is 11.6 Å². The molecule has 0 fully saturated rings. The van der Waals surface area contributed by atoms with E-state index in [0.717, 1.165) is 11.3 Å². The van der Waals surface area contributed by atoms with Crippen molar-refractivity contribution in [2.75, 3.05) is 7.11 Å². The standard InChI is InChI=1S/C14H14ClNO3/c1-18-11-4-2-3-10(7-11)8-14(17)16-9-12-5-6-13(15)19-12/h2-7H,8-9H2,1H3,(H,16,17). The van der Waals surface area contributed by atoms with Gasteiger partial charge in [-0.15, -0.1) is 0 Å². The van der Waals surface area contributed by atoms with E-state index in [0.29, 0.717) is 23.9 Å². The SMILES string of the molecule is COc1cccc(CC(=O)NCc2ccc(Cl)o2)c1. The van der Waals surface area contributed by atoms with E-state index in [1.165, 1.54) is 0 Å². The number of amides is 1. The van der Waals surface area contributed by atoms with Crippen molar-refractivity contribution in [2.45, 2.75) is 13.0 Å². The van der Waals surface area contributed by atoms with E-state index in [2.05, 4.69) is 5.32 Å². The molecule has 5 heteroatoms. The second kappa shape index (κ2) is 6.29. The van der Waals surface area contributed by atoms with E-state index in [1.54, 1.807) is 19.2 Å². The Morgan fingerprint density at radius 1 is 1.37 bits per heavy atom. The van der Waals surface area contributed by atoms with Crippen molar-refractivity contribution in [3.63, 3.8) is 0 Å². The lowest BCUT2D eigenvalue weighted by molar-refractivity contribution is -0.120. The zero-order valence-corrected chi connectivity index (χ0v) is 11.2. The van der Waals surface area contributed by atoms with Gasteiger partial charge in [-0.25, -0.2) is 0 Å². The zero-order chi connectivity index (χ0) is 13.7. The van der Waals surface area contributed by atoms with Crippen LogP contribution in [-0.4, -0.2) is 13.0 Å². The summed E-state index contributed by atoms with van der Waals surface area (Å²) in [7, 11) is 1.60. The molecule has 0 saturated heterocycles. The maximum Gasteiger partial charge on any atom is 0.224 e. The zero-order valence-electron chi connectivity index (χ0n) is 10.5. The van der Waals surface area contributed by atoms with Crippen LogP contribution in [0, 0.1) is 0 Å². The normalized spacial score (nSPS) is 10.2. The Morgan fingerprint density at radius 3 is 2.89 bits per heavy atom. The molecular formula is C14H14ClNO3. The summed E-state index contributed by atoms with van der Waals surface area (Å²) < 4.78 is 10.3. The minimum absolute atomic E-state index is 0.0826. The number of halogens is 1. The van der Waals surface area contributed by atoms with Crippen LogP contribution in [0.15, 0.2) is 40.8 Å².